The van der Waals surface area contributed by atoms with Gasteiger partial charge in [0, 0.05) is 10.6 Å². The van der Waals surface area contributed by atoms with Gasteiger partial charge in [-0.15, -0.1) is 0 Å². The largest absolute Gasteiger partial charge is 0.263 e. The molecule has 3 heteroatoms. The third kappa shape index (κ3) is 2.15. The van der Waals surface area contributed by atoms with Gasteiger partial charge in [-0.3, -0.25) is 0 Å². The predicted octanol–water partition coefficient (Wildman–Crippen LogP) is 3.59. The fourth-order valence-corrected chi connectivity index (χ4v) is 1.19. The Morgan fingerprint density at radius 1 is 1.27 bits per heavy atom. The minimum atomic E-state index is -2.44. The first kappa shape index (κ1) is 8.47. The molecule has 0 fully saturated rings. The molecule has 0 N–H and O–H groups in total. The van der Waals surface area contributed by atoms with Gasteiger partial charge in [-0.25, -0.2) is 8.78 Å². The fourth-order valence-electron chi connectivity index (χ4n) is 0.891. The van der Waals surface area contributed by atoms with Crippen LogP contribution >= 0.6 is 11.6 Å². The molecule has 0 saturated heterocycles. The van der Waals surface area contributed by atoms with E-state index in [-0.39, 0.29) is 5.56 Å². The normalized spacial score (nSPS) is 10.6. The molecule has 1 aromatic rings. The first-order chi connectivity index (χ1) is 5.09. The lowest BCUT2D eigenvalue weighted by Gasteiger charge is -2.01. The molecule has 0 aliphatic carbocycles. The van der Waals surface area contributed by atoms with Gasteiger partial charge in [-0.2, -0.15) is 0 Å². The van der Waals surface area contributed by atoms with E-state index < -0.39 is 6.43 Å². The van der Waals surface area contributed by atoms with Crippen LogP contribution in [0.1, 0.15) is 17.6 Å². The third-order valence-electron chi connectivity index (χ3n) is 1.32. The van der Waals surface area contributed by atoms with E-state index in [1.807, 2.05) is 0 Å². The monoisotopic (exact) mass is 176 g/mol. The number of benzene rings is 1. The molecule has 0 unspecified atom stereocenters. The molecular weight excluding hydrogens is 170 g/mol. The molecule has 0 radical (unpaired) electrons. The quantitative estimate of drug-likeness (QED) is 0.614. The summed E-state index contributed by atoms with van der Waals surface area (Å²) >= 11 is 5.56. The van der Waals surface area contributed by atoms with Gasteiger partial charge in [0.15, 0.2) is 0 Å². The molecular formula is C8H7ClF2. The van der Waals surface area contributed by atoms with E-state index >= 15 is 0 Å². The van der Waals surface area contributed by atoms with Crippen molar-refractivity contribution in [2.45, 2.75) is 13.3 Å². The van der Waals surface area contributed by atoms with Gasteiger partial charge in [0.25, 0.3) is 6.43 Å². The highest BCUT2D eigenvalue weighted by Crippen LogP contribution is 2.23. The maximum atomic E-state index is 12.1. The number of halogens is 3. The number of rotatable bonds is 1. The van der Waals surface area contributed by atoms with Crippen LogP contribution < -0.4 is 0 Å². The molecule has 0 amide bonds. The van der Waals surface area contributed by atoms with Gasteiger partial charge >= 0.3 is 0 Å². The van der Waals surface area contributed by atoms with Gasteiger partial charge in [0.05, 0.1) is 0 Å². The highest BCUT2D eigenvalue weighted by Gasteiger charge is 2.07. The van der Waals surface area contributed by atoms with Gasteiger partial charge in [0.1, 0.15) is 0 Å². The van der Waals surface area contributed by atoms with Crippen LogP contribution in [0.4, 0.5) is 8.78 Å². The Hall–Kier alpha value is -0.630. The van der Waals surface area contributed by atoms with E-state index in [1.54, 1.807) is 13.0 Å². The standard InChI is InChI=1S/C8H7ClF2/c1-5-2-6(8(10)11)4-7(9)3-5/h2-4,8H,1H3. The van der Waals surface area contributed by atoms with Crippen LogP contribution in [-0.4, -0.2) is 0 Å². The highest BCUT2D eigenvalue weighted by molar-refractivity contribution is 6.30. The zero-order valence-corrected chi connectivity index (χ0v) is 6.70. The summed E-state index contributed by atoms with van der Waals surface area (Å²) in [4.78, 5) is 0. The van der Waals surface area contributed by atoms with E-state index in [2.05, 4.69) is 0 Å². The van der Waals surface area contributed by atoms with Crippen molar-refractivity contribution in [1.82, 2.24) is 0 Å². The second-order valence-electron chi connectivity index (χ2n) is 2.36. The van der Waals surface area contributed by atoms with Crippen molar-refractivity contribution in [3.63, 3.8) is 0 Å². The van der Waals surface area contributed by atoms with Crippen molar-refractivity contribution in [1.29, 1.82) is 0 Å². The highest BCUT2D eigenvalue weighted by atomic mass is 35.5. The Kier molecular flexibility index (Phi) is 2.45. The first-order valence-corrected chi connectivity index (χ1v) is 3.52. The Labute approximate surface area is 68.8 Å². The van der Waals surface area contributed by atoms with Crippen LogP contribution in [0.25, 0.3) is 0 Å². The summed E-state index contributed by atoms with van der Waals surface area (Å²) in [6.07, 6.45) is -2.44. The molecule has 0 spiro atoms. The van der Waals surface area contributed by atoms with Crippen LogP contribution in [0.3, 0.4) is 0 Å². The van der Waals surface area contributed by atoms with Gasteiger partial charge in [-0.1, -0.05) is 17.7 Å². The van der Waals surface area contributed by atoms with Gasteiger partial charge in [0.2, 0.25) is 0 Å². The van der Waals surface area contributed by atoms with E-state index in [1.165, 1.54) is 12.1 Å². The molecule has 0 aromatic heterocycles. The zero-order chi connectivity index (χ0) is 8.43. The number of hydrogen-bond donors (Lipinski definition) is 0. The van der Waals surface area contributed by atoms with Crippen molar-refractivity contribution < 1.29 is 8.78 Å². The second-order valence-corrected chi connectivity index (χ2v) is 2.80. The lowest BCUT2D eigenvalue weighted by Crippen LogP contribution is -1.84. The molecule has 0 aliphatic heterocycles. The molecule has 0 aliphatic rings. The van der Waals surface area contributed by atoms with Crippen LogP contribution in [0.5, 0.6) is 0 Å². The molecule has 0 heterocycles. The average Bonchev–Trinajstić information content (AvgIpc) is 1.85. The van der Waals surface area contributed by atoms with E-state index in [0.717, 1.165) is 5.56 Å². The minimum absolute atomic E-state index is 0.0185. The number of alkyl halides is 2. The van der Waals surface area contributed by atoms with Crippen LogP contribution in [-0.2, 0) is 0 Å². The molecule has 0 nitrogen and oxygen atoms in total. The van der Waals surface area contributed by atoms with E-state index in [0.29, 0.717) is 5.02 Å². The van der Waals surface area contributed by atoms with Crippen LogP contribution in [0.2, 0.25) is 5.02 Å². The summed E-state index contributed by atoms with van der Waals surface area (Å²) in [6, 6.07) is 4.35. The Bertz CT molecular complexity index is 238. The van der Waals surface area contributed by atoms with Crippen molar-refractivity contribution in [3.05, 3.63) is 34.3 Å². The van der Waals surface area contributed by atoms with Crippen molar-refractivity contribution >= 4 is 11.6 Å². The van der Waals surface area contributed by atoms with E-state index in [4.69, 9.17) is 11.6 Å². The Balaban J connectivity index is 3.08. The summed E-state index contributed by atoms with van der Waals surface area (Å²) in [5.74, 6) is 0. The molecule has 0 saturated carbocycles. The van der Waals surface area contributed by atoms with Crippen LogP contribution in [0.15, 0.2) is 18.2 Å². The SMILES string of the molecule is Cc1cc(Cl)cc(C(F)F)c1. The van der Waals surface area contributed by atoms with Crippen molar-refractivity contribution in [3.8, 4) is 0 Å². The minimum Gasteiger partial charge on any atom is -0.205 e. The lowest BCUT2D eigenvalue weighted by molar-refractivity contribution is 0.151. The lowest BCUT2D eigenvalue weighted by atomic mass is 10.1. The summed E-state index contributed by atoms with van der Waals surface area (Å²) < 4.78 is 24.1. The van der Waals surface area contributed by atoms with Crippen molar-refractivity contribution in [2.75, 3.05) is 0 Å². The maximum Gasteiger partial charge on any atom is 0.263 e. The van der Waals surface area contributed by atoms with Crippen LogP contribution in [0, 0.1) is 6.92 Å². The molecule has 1 aromatic carbocycles. The second kappa shape index (κ2) is 3.18. The summed E-state index contributed by atoms with van der Waals surface area (Å²) in [5.41, 5.74) is 0.739. The summed E-state index contributed by atoms with van der Waals surface area (Å²) in [5, 5.41) is 0.361. The zero-order valence-electron chi connectivity index (χ0n) is 5.94. The topological polar surface area (TPSA) is 0 Å². The molecule has 0 bridgehead atoms. The number of aryl methyl sites for hydroxylation is 1. The third-order valence-corrected chi connectivity index (χ3v) is 1.53. The van der Waals surface area contributed by atoms with Gasteiger partial charge in [-0.05, 0) is 24.6 Å². The first-order valence-electron chi connectivity index (χ1n) is 3.15. The smallest absolute Gasteiger partial charge is 0.205 e. The van der Waals surface area contributed by atoms with Crippen molar-refractivity contribution in [2.24, 2.45) is 0 Å². The fraction of sp³-hybridized carbons (Fsp3) is 0.250. The summed E-state index contributed by atoms with van der Waals surface area (Å²) in [7, 11) is 0. The maximum absolute atomic E-state index is 12.1. The van der Waals surface area contributed by atoms with E-state index in [9.17, 15) is 8.78 Å². The number of hydrogen-bond acceptors (Lipinski definition) is 0. The molecule has 0 atom stereocenters. The Morgan fingerprint density at radius 2 is 1.91 bits per heavy atom. The summed E-state index contributed by atoms with van der Waals surface area (Å²) in [6.45, 7) is 1.73. The molecule has 1 rings (SSSR count). The average molecular weight is 177 g/mol. The van der Waals surface area contributed by atoms with Gasteiger partial charge < -0.3 is 0 Å². The molecule has 60 valence electrons. The Morgan fingerprint density at radius 3 is 2.36 bits per heavy atom. The molecule has 11 heavy (non-hydrogen) atoms. The predicted molar refractivity (Wildman–Crippen MR) is 41.1 cm³/mol.